The minimum atomic E-state index is -3.32. The molecule has 0 unspecified atom stereocenters. The van der Waals surface area contributed by atoms with Crippen LogP contribution in [-0.2, 0) is 20.3 Å². The van der Waals surface area contributed by atoms with Crippen LogP contribution in [0.2, 0.25) is 0 Å². The fourth-order valence-corrected chi connectivity index (χ4v) is 4.57. The highest BCUT2D eigenvalue weighted by molar-refractivity contribution is 7.90. The van der Waals surface area contributed by atoms with Crippen molar-refractivity contribution in [2.45, 2.75) is 57.4 Å². The minimum absolute atomic E-state index is 0.0332. The van der Waals surface area contributed by atoms with Crippen molar-refractivity contribution < 1.29 is 17.9 Å². The van der Waals surface area contributed by atoms with Crippen LogP contribution in [0.5, 0.6) is 0 Å². The average Bonchev–Trinajstić information content (AvgIpc) is 2.46. The van der Waals surface area contributed by atoms with Crippen LogP contribution in [0.3, 0.4) is 0 Å². The van der Waals surface area contributed by atoms with Crippen molar-refractivity contribution in [2.24, 2.45) is 0 Å². The molecule has 134 valence electrons. The highest BCUT2D eigenvalue weighted by atomic mass is 32.2. The fourth-order valence-electron chi connectivity index (χ4n) is 2.82. The number of likely N-dealkylation sites (tertiary alicyclic amines) is 1. The SMILES string of the molecule is CC(C)(C)OC(=O)N1CCCC[C@H]1CS(=O)(=O)Cc1ccncc1. The molecule has 1 fully saturated rings. The standard InChI is InChI=1S/C17H26N2O4S/c1-17(2,3)23-16(20)19-11-5-4-6-15(19)13-24(21,22)12-14-7-9-18-10-8-14/h7-10,15H,4-6,11-13H2,1-3H3/t15-/m0/s1. The number of aromatic nitrogens is 1. The van der Waals surface area contributed by atoms with Crippen molar-refractivity contribution in [2.75, 3.05) is 12.3 Å². The second-order valence-corrected chi connectivity index (χ2v) is 9.34. The van der Waals surface area contributed by atoms with Crippen LogP contribution in [0.4, 0.5) is 4.79 Å². The highest BCUT2D eigenvalue weighted by Crippen LogP contribution is 2.22. The maximum Gasteiger partial charge on any atom is 0.410 e. The number of rotatable bonds is 4. The van der Waals surface area contributed by atoms with Crippen LogP contribution < -0.4 is 0 Å². The lowest BCUT2D eigenvalue weighted by atomic mass is 10.0. The molecule has 1 aromatic rings. The summed E-state index contributed by atoms with van der Waals surface area (Å²) in [6.45, 7) is 5.97. The lowest BCUT2D eigenvalue weighted by molar-refractivity contribution is 0.0124. The summed E-state index contributed by atoms with van der Waals surface area (Å²) in [6, 6.07) is 3.08. The number of amides is 1. The summed E-state index contributed by atoms with van der Waals surface area (Å²) in [5.74, 6) is -0.0667. The molecule has 0 bridgehead atoms. The molecule has 2 heterocycles. The molecule has 6 nitrogen and oxygen atoms in total. The predicted octanol–water partition coefficient (Wildman–Crippen LogP) is 2.79. The van der Waals surface area contributed by atoms with Gasteiger partial charge in [0.25, 0.3) is 0 Å². The first-order chi connectivity index (χ1) is 11.2. The smallest absolute Gasteiger partial charge is 0.410 e. The first-order valence-corrected chi connectivity index (χ1v) is 10.1. The van der Waals surface area contributed by atoms with Crippen molar-refractivity contribution in [3.05, 3.63) is 30.1 Å². The Balaban J connectivity index is 2.06. The maximum absolute atomic E-state index is 12.5. The van der Waals surface area contributed by atoms with E-state index >= 15 is 0 Å². The van der Waals surface area contributed by atoms with Gasteiger partial charge in [0.05, 0.1) is 11.5 Å². The van der Waals surface area contributed by atoms with Crippen molar-refractivity contribution in [1.82, 2.24) is 9.88 Å². The molecule has 2 rings (SSSR count). The largest absolute Gasteiger partial charge is 0.444 e. The summed E-state index contributed by atoms with van der Waals surface area (Å²) in [6.07, 6.45) is 5.23. The summed E-state index contributed by atoms with van der Waals surface area (Å²) >= 11 is 0. The Hall–Kier alpha value is -1.63. The third-order valence-electron chi connectivity index (χ3n) is 3.84. The molecule has 0 saturated carbocycles. The van der Waals surface area contributed by atoms with E-state index < -0.39 is 21.5 Å². The number of hydrogen-bond donors (Lipinski definition) is 0. The van der Waals surface area contributed by atoms with Crippen molar-refractivity contribution in [3.63, 3.8) is 0 Å². The van der Waals surface area contributed by atoms with E-state index in [1.807, 2.05) is 20.8 Å². The van der Waals surface area contributed by atoms with Gasteiger partial charge in [-0.2, -0.15) is 0 Å². The van der Waals surface area contributed by atoms with Crippen molar-refractivity contribution in [1.29, 1.82) is 0 Å². The van der Waals surface area contributed by atoms with Gasteiger partial charge in [-0.1, -0.05) is 0 Å². The first-order valence-electron chi connectivity index (χ1n) is 8.25. The van der Waals surface area contributed by atoms with Crippen LogP contribution in [0.15, 0.2) is 24.5 Å². The summed E-state index contributed by atoms with van der Waals surface area (Å²) in [5.41, 5.74) is 0.124. The van der Waals surface area contributed by atoms with Gasteiger partial charge in [0.2, 0.25) is 0 Å². The van der Waals surface area contributed by atoms with E-state index in [-0.39, 0.29) is 17.5 Å². The zero-order chi connectivity index (χ0) is 17.8. The lowest BCUT2D eigenvalue weighted by Crippen LogP contribution is -2.49. The lowest BCUT2D eigenvalue weighted by Gasteiger charge is -2.36. The minimum Gasteiger partial charge on any atom is -0.444 e. The summed E-state index contributed by atoms with van der Waals surface area (Å²) < 4.78 is 30.5. The monoisotopic (exact) mass is 354 g/mol. The van der Waals surface area contributed by atoms with Crippen LogP contribution in [0, 0.1) is 0 Å². The van der Waals surface area contributed by atoms with Gasteiger partial charge >= 0.3 is 6.09 Å². The molecule has 0 aliphatic carbocycles. The molecule has 1 amide bonds. The molecule has 1 aromatic heterocycles. The Bertz CT molecular complexity index is 653. The van der Waals surface area contributed by atoms with E-state index in [0.717, 1.165) is 12.8 Å². The first kappa shape index (κ1) is 18.7. The quantitative estimate of drug-likeness (QED) is 0.831. The fraction of sp³-hybridized carbons (Fsp3) is 0.647. The molecule has 24 heavy (non-hydrogen) atoms. The van der Waals surface area contributed by atoms with E-state index in [2.05, 4.69) is 4.98 Å². The zero-order valence-electron chi connectivity index (χ0n) is 14.6. The van der Waals surface area contributed by atoms with Crippen LogP contribution in [0.1, 0.15) is 45.6 Å². The van der Waals surface area contributed by atoms with Gasteiger partial charge in [0, 0.05) is 25.0 Å². The Morgan fingerprint density at radius 1 is 1.29 bits per heavy atom. The van der Waals surface area contributed by atoms with Gasteiger partial charge in [0.15, 0.2) is 9.84 Å². The molecule has 0 aromatic carbocycles. The van der Waals surface area contributed by atoms with Crippen molar-refractivity contribution >= 4 is 15.9 Å². The van der Waals surface area contributed by atoms with E-state index in [1.54, 1.807) is 29.4 Å². The molecule has 1 atom stereocenters. The van der Waals surface area contributed by atoms with Gasteiger partial charge in [-0.05, 0) is 57.7 Å². The van der Waals surface area contributed by atoms with Gasteiger partial charge in [-0.25, -0.2) is 13.2 Å². The number of carbonyl (C=O) groups is 1. The van der Waals surface area contributed by atoms with E-state index in [4.69, 9.17) is 4.74 Å². The van der Waals surface area contributed by atoms with Crippen molar-refractivity contribution in [3.8, 4) is 0 Å². The number of carbonyl (C=O) groups excluding carboxylic acids is 1. The predicted molar refractivity (Wildman–Crippen MR) is 92.3 cm³/mol. The summed E-state index contributed by atoms with van der Waals surface area (Å²) in [5, 5.41) is 0. The Labute approximate surface area is 144 Å². The van der Waals surface area contributed by atoms with Crippen LogP contribution in [0.25, 0.3) is 0 Å². The number of hydrogen-bond acceptors (Lipinski definition) is 5. The van der Waals surface area contributed by atoms with Gasteiger partial charge in [-0.3, -0.25) is 4.98 Å². The van der Waals surface area contributed by atoms with Crippen LogP contribution >= 0.6 is 0 Å². The average molecular weight is 354 g/mol. The number of piperidine rings is 1. The van der Waals surface area contributed by atoms with E-state index in [1.165, 1.54) is 0 Å². The third kappa shape index (κ3) is 5.78. The number of nitrogens with zero attached hydrogens (tertiary/aromatic N) is 2. The molecule has 7 heteroatoms. The second kappa shape index (κ2) is 7.51. The molecule has 0 radical (unpaired) electrons. The Morgan fingerprint density at radius 2 is 1.96 bits per heavy atom. The zero-order valence-corrected chi connectivity index (χ0v) is 15.4. The number of ether oxygens (including phenoxy) is 1. The maximum atomic E-state index is 12.5. The van der Waals surface area contributed by atoms with Gasteiger partial charge in [0.1, 0.15) is 5.60 Å². The molecular weight excluding hydrogens is 328 g/mol. The van der Waals surface area contributed by atoms with Gasteiger partial charge < -0.3 is 9.64 Å². The molecule has 1 aliphatic heterocycles. The summed E-state index contributed by atoms with van der Waals surface area (Å²) in [7, 11) is -3.32. The Kier molecular flexibility index (Phi) is 5.85. The van der Waals surface area contributed by atoms with Crippen LogP contribution in [-0.4, -0.2) is 48.3 Å². The van der Waals surface area contributed by atoms with Gasteiger partial charge in [-0.15, -0.1) is 0 Å². The van der Waals surface area contributed by atoms with E-state index in [0.29, 0.717) is 18.5 Å². The normalized spacial score (nSPS) is 19.1. The third-order valence-corrected chi connectivity index (χ3v) is 5.50. The molecule has 1 aliphatic rings. The second-order valence-electron chi connectivity index (χ2n) is 7.23. The molecular formula is C17H26N2O4S. The molecule has 1 saturated heterocycles. The topological polar surface area (TPSA) is 76.6 Å². The summed E-state index contributed by atoms with van der Waals surface area (Å²) in [4.78, 5) is 17.8. The molecule has 0 N–H and O–H groups in total. The van der Waals surface area contributed by atoms with E-state index in [9.17, 15) is 13.2 Å². The number of pyridine rings is 1. The number of sulfone groups is 1. The Morgan fingerprint density at radius 3 is 2.58 bits per heavy atom. The highest BCUT2D eigenvalue weighted by Gasteiger charge is 2.33. The molecule has 0 spiro atoms.